The Morgan fingerprint density at radius 2 is 1.50 bits per heavy atom. The number of nitrogens with one attached hydrogen (secondary N) is 2. The van der Waals surface area contributed by atoms with Crippen LogP contribution in [0.5, 0.6) is 0 Å². The van der Waals surface area contributed by atoms with Gasteiger partial charge >= 0.3 is 0 Å². The number of halogens is 2. The Balaban J connectivity index is 1.67. The monoisotopic (exact) mass is 360 g/mol. The lowest BCUT2D eigenvalue weighted by Gasteiger charge is -2.15. The van der Waals surface area contributed by atoms with Crippen molar-refractivity contribution in [3.63, 3.8) is 0 Å². The van der Waals surface area contributed by atoms with Gasteiger partial charge in [-0.1, -0.05) is 41.4 Å². The average molecular weight is 361 g/mol. The fourth-order valence-corrected chi connectivity index (χ4v) is 2.74. The van der Waals surface area contributed by atoms with Crippen LogP contribution in [0.4, 0.5) is 17.1 Å². The molecule has 0 heterocycles. The molecule has 3 rings (SSSR count). The van der Waals surface area contributed by atoms with Gasteiger partial charge in [-0.05, 0) is 42.3 Å². The van der Waals surface area contributed by atoms with Crippen molar-refractivity contribution in [2.24, 2.45) is 0 Å². The molecule has 0 saturated heterocycles. The summed E-state index contributed by atoms with van der Waals surface area (Å²) < 4.78 is 0. The van der Waals surface area contributed by atoms with Crippen LogP contribution in [0, 0.1) is 0 Å². The topological polar surface area (TPSA) is 58.2 Å². The van der Waals surface area contributed by atoms with Crippen LogP contribution in [0.1, 0.15) is 5.56 Å². The lowest BCUT2D eigenvalue weighted by Crippen LogP contribution is -2.37. The molecule has 0 unspecified atom stereocenters. The Labute approximate surface area is 148 Å². The normalized spacial score (nSPS) is 10.8. The summed E-state index contributed by atoms with van der Waals surface area (Å²) in [5.41, 5.74) is 1.23. The second-order valence-electron chi connectivity index (χ2n) is 5.31. The second kappa shape index (κ2) is 7.07. The van der Waals surface area contributed by atoms with Gasteiger partial charge in [0.05, 0.1) is 0 Å². The number of hydrogen-bond donors (Lipinski definition) is 2. The third kappa shape index (κ3) is 3.45. The fraction of sp³-hybridized carbons (Fsp3) is 0.111. The van der Waals surface area contributed by atoms with E-state index in [1.165, 1.54) is 0 Å². The van der Waals surface area contributed by atoms with Crippen LogP contribution in [-0.2, 0) is 6.42 Å². The summed E-state index contributed by atoms with van der Waals surface area (Å²) in [6, 6.07) is 14.4. The van der Waals surface area contributed by atoms with E-state index in [4.69, 9.17) is 23.2 Å². The zero-order chi connectivity index (χ0) is 17.1. The summed E-state index contributed by atoms with van der Waals surface area (Å²) >= 11 is 11.9. The molecule has 3 aromatic carbocycles. The molecule has 122 valence electrons. The van der Waals surface area contributed by atoms with Gasteiger partial charge in [-0.3, -0.25) is 9.59 Å². The van der Waals surface area contributed by atoms with Crippen LogP contribution in [0.15, 0.2) is 58.1 Å². The maximum absolute atomic E-state index is 11.8. The van der Waals surface area contributed by atoms with Gasteiger partial charge in [0, 0.05) is 22.3 Å². The van der Waals surface area contributed by atoms with E-state index in [1.54, 1.807) is 24.3 Å². The van der Waals surface area contributed by atoms with E-state index in [-0.39, 0.29) is 5.69 Å². The first kappa shape index (κ1) is 16.6. The van der Waals surface area contributed by atoms with Crippen LogP contribution in [-0.4, -0.2) is 6.54 Å². The van der Waals surface area contributed by atoms with E-state index in [2.05, 4.69) is 10.6 Å². The quantitative estimate of drug-likeness (QED) is 0.652. The van der Waals surface area contributed by atoms with Crippen molar-refractivity contribution in [2.45, 2.75) is 6.42 Å². The molecule has 24 heavy (non-hydrogen) atoms. The molecule has 3 aromatic rings. The predicted molar refractivity (Wildman–Crippen MR) is 99.7 cm³/mol. The Hall–Kier alpha value is -2.30. The van der Waals surface area contributed by atoms with Gasteiger partial charge in [0.15, 0.2) is 0 Å². The van der Waals surface area contributed by atoms with E-state index < -0.39 is 10.9 Å². The molecule has 0 amide bonds. The van der Waals surface area contributed by atoms with Gasteiger partial charge in [-0.2, -0.15) is 0 Å². The van der Waals surface area contributed by atoms with E-state index in [9.17, 15) is 9.59 Å². The van der Waals surface area contributed by atoms with Gasteiger partial charge in [-0.25, -0.2) is 0 Å². The summed E-state index contributed by atoms with van der Waals surface area (Å²) in [6.07, 6.45) is 0.652. The Morgan fingerprint density at radius 3 is 2.21 bits per heavy atom. The maximum Gasteiger partial charge on any atom is 0.253 e. The van der Waals surface area contributed by atoms with Gasteiger partial charge in [-0.15, -0.1) is 0 Å². The SMILES string of the molecule is O=c1c(NCCc2ccccc2Cl)c(Nc2ccc(Cl)cc2)c1=O. The average Bonchev–Trinajstić information content (AvgIpc) is 2.60. The standard InChI is InChI=1S/C18H14Cl2N2O2/c19-12-5-7-13(8-6-12)22-16-15(17(23)18(16)24)21-10-9-11-3-1-2-4-14(11)20/h1-8,21-22H,9-10H2. The molecule has 0 radical (unpaired) electrons. The molecule has 2 N–H and O–H groups in total. The van der Waals surface area contributed by atoms with Crippen molar-refractivity contribution in [2.75, 3.05) is 17.2 Å². The smallest absolute Gasteiger partial charge is 0.253 e. The molecular weight excluding hydrogens is 347 g/mol. The molecular formula is C18H14Cl2N2O2. The van der Waals surface area contributed by atoms with Crippen LogP contribution in [0.25, 0.3) is 0 Å². The number of rotatable bonds is 6. The van der Waals surface area contributed by atoms with Gasteiger partial charge in [0.2, 0.25) is 0 Å². The summed E-state index contributed by atoms with van der Waals surface area (Å²) in [7, 11) is 0. The van der Waals surface area contributed by atoms with E-state index >= 15 is 0 Å². The third-order valence-electron chi connectivity index (χ3n) is 3.68. The van der Waals surface area contributed by atoms with Crippen LogP contribution in [0.2, 0.25) is 10.0 Å². The molecule has 0 spiro atoms. The largest absolute Gasteiger partial charge is 0.380 e. The van der Waals surface area contributed by atoms with Crippen molar-refractivity contribution in [1.29, 1.82) is 0 Å². The van der Waals surface area contributed by atoms with Gasteiger partial charge in [0.25, 0.3) is 10.9 Å². The van der Waals surface area contributed by atoms with E-state index in [0.717, 1.165) is 5.56 Å². The fourth-order valence-electron chi connectivity index (χ4n) is 2.38. The molecule has 6 heteroatoms. The highest BCUT2D eigenvalue weighted by atomic mass is 35.5. The van der Waals surface area contributed by atoms with Crippen molar-refractivity contribution in [3.05, 3.63) is 84.6 Å². The van der Waals surface area contributed by atoms with Crippen molar-refractivity contribution in [3.8, 4) is 0 Å². The molecule has 4 nitrogen and oxygen atoms in total. The zero-order valence-corrected chi connectivity index (χ0v) is 14.1. The van der Waals surface area contributed by atoms with Gasteiger partial charge < -0.3 is 10.6 Å². The molecule has 0 aromatic heterocycles. The highest BCUT2D eigenvalue weighted by Crippen LogP contribution is 2.22. The molecule has 0 bridgehead atoms. The predicted octanol–water partition coefficient (Wildman–Crippen LogP) is 3.99. The number of hydrogen-bond acceptors (Lipinski definition) is 4. The van der Waals surface area contributed by atoms with Crippen LogP contribution >= 0.6 is 23.2 Å². The third-order valence-corrected chi connectivity index (χ3v) is 4.30. The maximum atomic E-state index is 11.8. The molecule has 0 aliphatic heterocycles. The van der Waals surface area contributed by atoms with Crippen molar-refractivity contribution < 1.29 is 0 Å². The summed E-state index contributed by atoms with van der Waals surface area (Å²) in [6.45, 7) is 0.504. The summed E-state index contributed by atoms with van der Waals surface area (Å²) in [5.74, 6) is 0. The van der Waals surface area contributed by atoms with Crippen molar-refractivity contribution >= 4 is 40.3 Å². The molecule has 0 saturated carbocycles. The second-order valence-corrected chi connectivity index (χ2v) is 6.15. The molecule has 0 fully saturated rings. The van der Waals surface area contributed by atoms with Gasteiger partial charge in [0.1, 0.15) is 11.4 Å². The minimum Gasteiger partial charge on any atom is -0.380 e. The first-order valence-corrected chi connectivity index (χ1v) is 8.15. The summed E-state index contributed by atoms with van der Waals surface area (Å²) in [5, 5.41) is 7.26. The van der Waals surface area contributed by atoms with Crippen molar-refractivity contribution in [1.82, 2.24) is 0 Å². The number of anilines is 3. The Bertz CT molecular complexity index is 929. The highest BCUT2D eigenvalue weighted by molar-refractivity contribution is 6.31. The van der Waals surface area contributed by atoms with Crippen LogP contribution < -0.4 is 21.5 Å². The van der Waals surface area contributed by atoms with E-state index in [0.29, 0.717) is 34.4 Å². The lowest BCUT2D eigenvalue weighted by molar-refractivity contribution is 1.01. The lowest BCUT2D eigenvalue weighted by atomic mass is 10.1. The van der Waals surface area contributed by atoms with E-state index in [1.807, 2.05) is 24.3 Å². The Morgan fingerprint density at radius 1 is 0.833 bits per heavy atom. The first-order chi connectivity index (χ1) is 11.6. The zero-order valence-electron chi connectivity index (χ0n) is 12.6. The number of benzene rings is 2. The minimum atomic E-state index is -0.523. The highest BCUT2D eigenvalue weighted by Gasteiger charge is 2.20. The minimum absolute atomic E-state index is 0.279. The Kier molecular flexibility index (Phi) is 4.88. The molecule has 0 atom stereocenters. The molecule has 0 aliphatic rings. The molecule has 0 aliphatic carbocycles. The summed E-state index contributed by atoms with van der Waals surface area (Å²) in [4.78, 5) is 23.5. The van der Waals surface area contributed by atoms with Crippen LogP contribution in [0.3, 0.4) is 0 Å². The first-order valence-electron chi connectivity index (χ1n) is 7.39.